The Hall–Kier alpha value is -3.65. The normalized spacial score (nSPS) is 16.3. The largest absolute Gasteiger partial charge is 0.489 e. The van der Waals surface area contributed by atoms with Crippen LogP contribution in [0.4, 0.5) is 30.7 Å². The van der Waals surface area contributed by atoms with Crippen LogP contribution >= 0.6 is 0 Å². The number of rotatable bonds is 8. The summed E-state index contributed by atoms with van der Waals surface area (Å²) in [4.78, 5) is 0. The lowest BCUT2D eigenvalue weighted by molar-refractivity contribution is -0.212. The Balaban J connectivity index is 1.51. The fourth-order valence-electron chi connectivity index (χ4n) is 5.27. The summed E-state index contributed by atoms with van der Waals surface area (Å²) in [6.07, 6.45) is -5.17. The molecule has 1 fully saturated rings. The Morgan fingerprint density at radius 2 is 1.85 bits per heavy atom. The second-order valence-electron chi connectivity index (χ2n) is 10.2. The van der Waals surface area contributed by atoms with Gasteiger partial charge in [0.15, 0.2) is 11.6 Å². The number of aromatic nitrogens is 4. The SMILES string of the molecule is CNCc1cnn2c(C(F)(F)F)cc(-c3ccc(F)c(F)c3OCCc3c(C4(O)CC(F)(F)C4)nn(C)c3C)cc12. The number of aliphatic hydroxyl groups is 1. The van der Waals surface area contributed by atoms with E-state index >= 15 is 4.39 Å². The van der Waals surface area contributed by atoms with Gasteiger partial charge in [0.2, 0.25) is 5.82 Å². The average molecular weight is 586 g/mol. The van der Waals surface area contributed by atoms with E-state index in [1.807, 2.05) is 0 Å². The minimum Gasteiger partial charge on any atom is -0.489 e. The molecule has 0 aliphatic heterocycles. The molecular weight excluding hydrogens is 559 g/mol. The van der Waals surface area contributed by atoms with Gasteiger partial charge < -0.3 is 15.2 Å². The number of aryl methyl sites for hydroxylation is 1. The first-order valence-corrected chi connectivity index (χ1v) is 12.6. The molecule has 3 aromatic heterocycles. The summed E-state index contributed by atoms with van der Waals surface area (Å²) in [5, 5.41) is 21.6. The molecule has 0 amide bonds. The number of hydrogen-bond donors (Lipinski definition) is 2. The molecule has 3 heterocycles. The van der Waals surface area contributed by atoms with E-state index in [1.54, 1.807) is 21.0 Å². The highest BCUT2D eigenvalue weighted by Gasteiger charge is 2.58. The molecule has 2 N–H and O–H groups in total. The van der Waals surface area contributed by atoms with Crippen LogP contribution in [0.2, 0.25) is 0 Å². The molecule has 0 saturated heterocycles. The molecule has 1 aliphatic carbocycles. The molecule has 7 nitrogen and oxygen atoms in total. The smallest absolute Gasteiger partial charge is 0.433 e. The van der Waals surface area contributed by atoms with Gasteiger partial charge in [0.05, 0.1) is 24.0 Å². The van der Waals surface area contributed by atoms with E-state index in [-0.39, 0.29) is 41.9 Å². The van der Waals surface area contributed by atoms with E-state index < -0.39 is 53.6 Å². The number of ether oxygens (including phenoxy) is 1. The maximum Gasteiger partial charge on any atom is 0.433 e. The van der Waals surface area contributed by atoms with E-state index in [0.29, 0.717) is 16.8 Å². The van der Waals surface area contributed by atoms with Gasteiger partial charge in [-0.1, -0.05) is 0 Å². The molecule has 5 rings (SSSR count). The van der Waals surface area contributed by atoms with Crippen LogP contribution in [-0.4, -0.2) is 44.1 Å². The zero-order valence-corrected chi connectivity index (χ0v) is 22.2. The van der Waals surface area contributed by atoms with Crippen molar-refractivity contribution in [2.24, 2.45) is 7.05 Å². The lowest BCUT2D eigenvalue weighted by Gasteiger charge is -2.42. The Kier molecular flexibility index (Phi) is 7.05. The number of fused-ring (bicyclic) bond motifs is 1. The van der Waals surface area contributed by atoms with Crippen LogP contribution in [0.1, 0.15) is 41.1 Å². The minimum atomic E-state index is -4.82. The second-order valence-corrected chi connectivity index (χ2v) is 10.2. The summed E-state index contributed by atoms with van der Waals surface area (Å²) in [6.45, 7) is 1.55. The van der Waals surface area contributed by atoms with Gasteiger partial charge in [-0.05, 0) is 43.8 Å². The highest BCUT2D eigenvalue weighted by Crippen LogP contribution is 2.52. The number of pyridine rings is 1. The third kappa shape index (κ3) is 5.14. The number of nitrogens with one attached hydrogen (secondary N) is 1. The lowest BCUT2D eigenvalue weighted by atomic mass is 9.73. The van der Waals surface area contributed by atoms with E-state index in [1.165, 1.54) is 16.9 Å². The van der Waals surface area contributed by atoms with Gasteiger partial charge in [0, 0.05) is 55.2 Å². The van der Waals surface area contributed by atoms with Crippen LogP contribution in [0.3, 0.4) is 0 Å². The summed E-state index contributed by atoms with van der Waals surface area (Å²) in [5.74, 6) is -6.33. The quantitative estimate of drug-likeness (QED) is 0.275. The Bertz CT molecular complexity index is 1620. The predicted octanol–water partition coefficient (Wildman–Crippen LogP) is 5.30. The standard InChI is InChI=1S/C27H26F7N5O2/c1-14-17(24(37-38(14)3)25(40)12-26(30,31)13-25)6-7-41-23-18(4-5-19(28)22(23)29)15-8-20-16(10-35-2)11-36-39(20)21(9-15)27(32,33)34/h4-5,8-9,11,35,40H,6-7,10,12-13H2,1-3H3. The lowest BCUT2D eigenvalue weighted by Crippen LogP contribution is -2.50. The van der Waals surface area contributed by atoms with Gasteiger partial charge in [-0.3, -0.25) is 4.68 Å². The minimum absolute atomic E-state index is 0.0277. The molecule has 0 bridgehead atoms. The summed E-state index contributed by atoms with van der Waals surface area (Å²) in [5.41, 5.74) is -1.63. The molecule has 14 heteroatoms. The van der Waals surface area contributed by atoms with Crippen molar-refractivity contribution < 1.29 is 40.6 Å². The summed E-state index contributed by atoms with van der Waals surface area (Å²) in [6, 6.07) is 4.06. The first-order valence-electron chi connectivity index (χ1n) is 12.6. The highest BCUT2D eigenvalue weighted by atomic mass is 19.4. The van der Waals surface area contributed by atoms with Crippen LogP contribution in [0.25, 0.3) is 16.6 Å². The molecule has 0 radical (unpaired) electrons. The van der Waals surface area contributed by atoms with Gasteiger partial charge >= 0.3 is 6.18 Å². The molecule has 0 unspecified atom stereocenters. The van der Waals surface area contributed by atoms with Crippen LogP contribution < -0.4 is 10.1 Å². The van der Waals surface area contributed by atoms with Gasteiger partial charge in [-0.25, -0.2) is 17.7 Å². The van der Waals surface area contributed by atoms with Crippen LogP contribution in [0, 0.1) is 18.6 Å². The maximum absolute atomic E-state index is 15.1. The first-order chi connectivity index (χ1) is 19.1. The fourth-order valence-corrected chi connectivity index (χ4v) is 5.27. The molecule has 41 heavy (non-hydrogen) atoms. The Labute approximate surface area is 229 Å². The van der Waals surface area contributed by atoms with E-state index in [9.17, 15) is 31.4 Å². The number of halogens is 7. The van der Waals surface area contributed by atoms with Crippen molar-refractivity contribution in [3.63, 3.8) is 0 Å². The summed E-state index contributed by atoms with van der Waals surface area (Å²) < 4.78 is 106. The van der Waals surface area contributed by atoms with Crippen molar-refractivity contribution in [3.8, 4) is 16.9 Å². The van der Waals surface area contributed by atoms with Crippen LogP contribution in [0.5, 0.6) is 5.75 Å². The maximum atomic E-state index is 15.1. The van der Waals surface area contributed by atoms with Gasteiger partial charge in [0.1, 0.15) is 11.3 Å². The average Bonchev–Trinajstić information content (AvgIpc) is 3.40. The second kappa shape index (κ2) is 10.0. The zero-order chi connectivity index (χ0) is 29.9. The van der Waals surface area contributed by atoms with Gasteiger partial charge in [-0.15, -0.1) is 0 Å². The molecular formula is C27H26F7N5O2. The predicted molar refractivity (Wildman–Crippen MR) is 134 cm³/mol. The van der Waals surface area contributed by atoms with E-state index in [2.05, 4.69) is 15.5 Å². The van der Waals surface area contributed by atoms with Crippen molar-refractivity contribution in [2.75, 3.05) is 13.7 Å². The monoisotopic (exact) mass is 585 g/mol. The number of hydrogen-bond acceptors (Lipinski definition) is 5. The van der Waals surface area contributed by atoms with Crippen molar-refractivity contribution in [1.29, 1.82) is 0 Å². The third-order valence-corrected chi connectivity index (χ3v) is 7.32. The number of nitrogens with zero attached hydrogens (tertiary/aromatic N) is 4. The molecule has 220 valence electrons. The highest BCUT2D eigenvalue weighted by molar-refractivity contribution is 5.76. The zero-order valence-electron chi connectivity index (χ0n) is 22.2. The molecule has 4 aromatic rings. The first kappa shape index (κ1) is 28.9. The summed E-state index contributed by atoms with van der Waals surface area (Å²) >= 11 is 0. The third-order valence-electron chi connectivity index (χ3n) is 7.32. The number of benzene rings is 1. The Morgan fingerprint density at radius 3 is 2.49 bits per heavy atom. The van der Waals surface area contributed by atoms with Crippen molar-refractivity contribution in [3.05, 3.63) is 70.3 Å². The summed E-state index contributed by atoms with van der Waals surface area (Å²) in [7, 11) is 3.19. The van der Waals surface area contributed by atoms with Crippen molar-refractivity contribution >= 4 is 5.52 Å². The molecule has 0 spiro atoms. The number of alkyl halides is 5. The van der Waals surface area contributed by atoms with E-state index in [4.69, 9.17) is 4.74 Å². The van der Waals surface area contributed by atoms with Gasteiger partial charge in [-0.2, -0.15) is 27.8 Å². The molecule has 1 saturated carbocycles. The molecule has 1 aliphatic rings. The van der Waals surface area contributed by atoms with Gasteiger partial charge in [0.25, 0.3) is 5.92 Å². The van der Waals surface area contributed by atoms with E-state index in [0.717, 1.165) is 22.7 Å². The Morgan fingerprint density at radius 1 is 1.15 bits per heavy atom. The van der Waals surface area contributed by atoms with Crippen molar-refractivity contribution in [1.82, 2.24) is 24.7 Å². The van der Waals surface area contributed by atoms with Crippen LogP contribution in [0.15, 0.2) is 30.5 Å². The van der Waals surface area contributed by atoms with Crippen LogP contribution in [-0.2, 0) is 31.8 Å². The van der Waals surface area contributed by atoms with Crippen molar-refractivity contribution in [2.45, 2.75) is 50.4 Å². The molecule has 0 atom stereocenters. The fraction of sp³-hybridized carbons (Fsp3) is 0.407. The molecule has 1 aromatic carbocycles. The topological polar surface area (TPSA) is 76.6 Å².